The van der Waals surface area contributed by atoms with E-state index >= 15 is 0 Å². The van der Waals surface area contributed by atoms with E-state index in [2.05, 4.69) is 13.2 Å². The van der Waals surface area contributed by atoms with E-state index in [-0.39, 0.29) is 5.43 Å². The largest absolute Gasteiger partial charge is 0.496 e. The number of rotatable bonds is 3. The maximum Gasteiger partial charge on any atom is 0.200 e. The molecule has 0 unspecified atom stereocenters. The van der Waals surface area contributed by atoms with Gasteiger partial charge in [0.2, 0.25) is 5.43 Å². The van der Waals surface area contributed by atoms with Gasteiger partial charge in [-0.1, -0.05) is 31.4 Å². The highest BCUT2D eigenvalue weighted by Crippen LogP contribution is 2.29. The lowest BCUT2D eigenvalue weighted by Gasteiger charge is -2.08. The molecule has 0 aliphatic rings. The van der Waals surface area contributed by atoms with E-state index < -0.39 is 0 Å². The second-order valence-corrected chi connectivity index (χ2v) is 4.65. The van der Waals surface area contributed by atoms with Gasteiger partial charge in [-0.3, -0.25) is 4.79 Å². The van der Waals surface area contributed by atoms with E-state index in [1.807, 2.05) is 24.3 Å². The first kappa shape index (κ1) is 13.2. The molecule has 0 amide bonds. The lowest BCUT2D eigenvalue weighted by atomic mass is 10.0. The van der Waals surface area contributed by atoms with Crippen LogP contribution in [-0.4, -0.2) is 7.11 Å². The van der Waals surface area contributed by atoms with Gasteiger partial charge in [-0.25, -0.2) is 0 Å². The maximum atomic E-state index is 12.6. The summed E-state index contributed by atoms with van der Waals surface area (Å²) in [5.74, 6) is 1.16. The first-order chi connectivity index (χ1) is 10.2. The van der Waals surface area contributed by atoms with Crippen molar-refractivity contribution in [3.63, 3.8) is 0 Å². The minimum atomic E-state index is -0.117. The molecule has 0 saturated heterocycles. The number of fused-ring (bicyclic) bond motifs is 2. The van der Waals surface area contributed by atoms with Gasteiger partial charge in [0.1, 0.15) is 17.1 Å². The number of methoxy groups -OCH3 is 1. The molecule has 0 aliphatic carbocycles. The summed E-state index contributed by atoms with van der Waals surface area (Å²) in [5, 5.41) is 2.33. The van der Waals surface area contributed by atoms with Gasteiger partial charge < -0.3 is 9.15 Å². The Morgan fingerprint density at radius 2 is 1.95 bits per heavy atom. The summed E-state index contributed by atoms with van der Waals surface area (Å²) in [4.78, 5) is 12.6. The van der Waals surface area contributed by atoms with Crippen molar-refractivity contribution in [2.24, 2.45) is 0 Å². The zero-order valence-corrected chi connectivity index (χ0v) is 11.7. The first-order valence-electron chi connectivity index (χ1n) is 6.52. The molecular formula is C18H14O3. The van der Waals surface area contributed by atoms with Gasteiger partial charge in [0.05, 0.1) is 18.1 Å². The molecule has 21 heavy (non-hydrogen) atoms. The fourth-order valence-corrected chi connectivity index (χ4v) is 2.49. The maximum absolute atomic E-state index is 12.6. The van der Waals surface area contributed by atoms with E-state index in [1.165, 1.54) is 12.2 Å². The van der Waals surface area contributed by atoms with Crippen molar-refractivity contribution in [3.8, 4) is 5.75 Å². The summed E-state index contributed by atoms with van der Waals surface area (Å²) >= 11 is 0. The Morgan fingerprint density at radius 1 is 1.14 bits per heavy atom. The summed E-state index contributed by atoms with van der Waals surface area (Å²) < 4.78 is 11.1. The summed E-state index contributed by atoms with van der Waals surface area (Å²) in [7, 11) is 1.61. The van der Waals surface area contributed by atoms with E-state index in [4.69, 9.17) is 9.15 Å². The number of hydrogen-bond acceptors (Lipinski definition) is 3. The van der Waals surface area contributed by atoms with E-state index in [1.54, 1.807) is 13.2 Å². The fourth-order valence-electron chi connectivity index (χ4n) is 2.49. The Balaban J connectivity index is 2.52. The molecule has 0 bridgehead atoms. The van der Waals surface area contributed by atoms with E-state index in [0.29, 0.717) is 22.3 Å². The molecule has 3 rings (SSSR count). The van der Waals surface area contributed by atoms with Crippen molar-refractivity contribution in [1.29, 1.82) is 0 Å². The molecular weight excluding hydrogens is 264 g/mol. The summed E-state index contributed by atoms with van der Waals surface area (Å²) in [6.45, 7) is 7.35. The molecule has 0 fully saturated rings. The van der Waals surface area contributed by atoms with Crippen LogP contribution in [0.4, 0.5) is 0 Å². The Morgan fingerprint density at radius 3 is 2.62 bits per heavy atom. The quantitative estimate of drug-likeness (QED) is 0.673. The van der Waals surface area contributed by atoms with Crippen LogP contribution in [0.5, 0.6) is 5.75 Å². The normalized spacial score (nSPS) is 10.7. The molecule has 0 atom stereocenters. The van der Waals surface area contributed by atoms with Crippen LogP contribution in [0.25, 0.3) is 33.9 Å². The standard InChI is InChI=1S/C18H14O3/c1-4-12-15(5-2)21-17-9-11-7-6-8-16(20-3)13(11)10-14(17)18(12)19/h4-10H,1-2H2,3H3. The molecule has 0 N–H and O–H groups in total. The molecule has 0 spiro atoms. The van der Waals surface area contributed by atoms with Crippen molar-refractivity contribution in [2.75, 3.05) is 7.11 Å². The smallest absolute Gasteiger partial charge is 0.200 e. The average Bonchev–Trinajstić information content (AvgIpc) is 2.52. The van der Waals surface area contributed by atoms with Crippen molar-refractivity contribution < 1.29 is 9.15 Å². The summed E-state index contributed by atoms with van der Waals surface area (Å²) in [6, 6.07) is 9.36. The second-order valence-electron chi connectivity index (χ2n) is 4.65. The fraction of sp³-hybridized carbons (Fsp3) is 0.0556. The second kappa shape index (κ2) is 4.94. The van der Waals surface area contributed by atoms with Crippen molar-refractivity contribution in [1.82, 2.24) is 0 Å². The molecule has 0 radical (unpaired) electrons. The third-order valence-electron chi connectivity index (χ3n) is 3.52. The zero-order valence-electron chi connectivity index (χ0n) is 11.7. The van der Waals surface area contributed by atoms with Crippen LogP contribution in [0.2, 0.25) is 0 Å². The summed E-state index contributed by atoms with van der Waals surface area (Å²) in [5.41, 5.74) is 0.835. The Bertz CT molecular complexity index is 932. The average molecular weight is 278 g/mol. The van der Waals surface area contributed by atoms with Crippen molar-refractivity contribution in [2.45, 2.75) is 0 Å². The Hall–Kier alpha value is -2.81. The molecule has 104 valence electrons. The van der Waals surface area contributed by atoms with Gasteiger partial charge in [-0.15, -0.1) is 0 Å². The van der Waals surface area contributed by atoms with Crippen LogP contribution in [0.1, 0.15) is 11.3 Å². The lowest BCUT2D eigenvalue weighted by molar-refractivity contribution is 0.420. The van der Waals surface area contributed by atoms with Gasteiger partial charge in [-0.2, -0.15) is 0 Å². The number of hydrogen-bond donors (Lipinski definition) is 0. The highest BCUT2D eigenvalue weighted by atomic mass is 16.5. The van der Waals surface area contributed by atoms with Crippen LogP contribution < -0.4 is 10.2 Å². The van der Waals surface area contributed by atoms with Gasteiger partial charge >= 0.3 is 0 Å². The molecule has 3 aromatic rings. The predicted octanol–water partition coefficient (Wildman–Crippen LogP) is 4.24. The molecule has 0 aliphatic heterocycles. The van der Waals surface area contributed by atoms with Crippen molar-refractivity contribution >= 4 is 33.9 Å². The molecule has 1 aromatic heterocycles. The molecule has 2 aromatic carbocycles. The van der Waals surface area contributed by atoms with Crippen LogP contribution >= 0.6 is 0 Å². The van der Waals surface area contributed by atoms with Crippen LogP contribution in [0.3, 0.4) is 0 Å². The van der Waals surface area contributed by atoms with Crippen LogP contribution in [0, 0.1) is 0 Å². The summed E-state index contributed by atoms with van der Waals surface area (Å²) in [6.07, 6.45) is 3.02. The molecule has 3 nitrogen and oxygen atoms in total. The van der Waals surface area contributed by atoms with Gasteiger partial charge in [0.15, 0.2) is 0 Å². The number of ether oxygens (including phenoxy) is 1. The SMILES string of the molecule is C=Cc1oc2cc3cccc(OC)c3cc2c(=O)c1C=C. The Labute approximate surface area is 121 Å². The monoisotopic (exact) mass is 278 g/mol. The van der Waals surface area contributed by atoms with Gasteiger partial charge in [0, 0.05) is 5.39 Å². The highest BCUT2D eigenvalue weighted by molar-refractivity contribution is 5.99. The lowest BCUT2D eigenvalue weighted by Crippen LogP contribution is -2.07. The molecule has 0 saturated carbocycles. The highest BCUT2D eigenvalue weighted by Gasteiger charge is 2.12. The van der Waals surface area contributed by atoms with E-state index in [0.717, 1.165) is 16.5 Å². The third kappa shape index (κ3) is 1.94. The first-order valence-corrected chi connectivity index (χ1v) is 6.52. The van der Waals surface area contributed by atoms with Crippen LogP contribution in [0.15, 0.2) is 52.7 Å². The minimum Gasteiger partial charge on any atom is -0.496 e. The minimum absolute atomic E-state index is 0.117. The third-order valence-corrected chi connectivity index (χ3v) is 3.52. The predicted molar refractivity (Wildman–Crippen MR) is 86.7 cm³/mol. The topological polar surface area (TPSA) is 39.4 Å². The van der Waals surface area contributed by atoms with Crippen molar-refractivity contribution in [3.05, 3.63) is 65.0 Å². The zero-order chi connectivity index (χ0) is 15.0. The van der Waals surface area contributed by atoms with Gasteiger partial charge in [0.25, 0.3) is 0 Å². The van der Waals surface area contributed by atoms with Crippen LogP contribution in [-0.2, 0) is 0 Å². The number of benzene rings is 2. The molecule has 1 heterocycles. The van der Waals surface area contributed by atoms with Gasteiger partial charge in [-0.05, 0) is 29.7 Å². The Kier molecular flexibility index (Phi) is 3.10. The molecule has 3 heteroatoms. The van der Waals surface area contributed by atoms with E-state index in [9.17, 15) is 4.79 Å².